The van der Waals surface area contributed by atoms with Crippen molar-refractivity contribution >= 4 is 21.7 Å². The summed E-state index contributed by atoms with van der Waals surface area (Å²) in [5, 5.41) is 8.66. The molecule has 0 aromatic heterocycles. The molecule has 0 atom stereocenters. The minimum absolute atomic E-state index is 0.139. The first-order valence-corrected chi connectivity index (χ1v) is 6.64. The van der Waals surface area contributed by atoms with E-state index in [1.54, 1.807) is 19.2 Å². The largest absolute Gasteiger partial charge is 0.480 e. The highest BCUT2D eigenvalue weighted by molar-refractivity contribution is 7.89. The highest BCUT2D eigenvalue weighted by Crippen LogP contribution is 2.18. The molecule has 0 saturated carbocycles. The standard InChI is InChI=1S/C11H16N2O4S/c1-12(2)18(16,17)10-6-4-9(5-7-10)13(3)8-11(14)15/h4-7H,8H2,1-3H3,(H,14,15). The fourth-order valence-corrected chi connectivity index (χ4v) is 2.28. The Balaban J connectivity index is 2.97. The summed E-state index contributed by atoms with van der Waals surface area (Å²) in [7, 11) is 1.10. The van der Waals surface area contributed by atoms with Crippen molar-refractivity contribution < 1.29 is 18.3 Å². The minimum atomic E-state index is -3.44. The first-order chi connectivity index (χ1) is 8.25. The Morgan fingerprint density at radius 3 is 2.06 bits per heavy atom. The van der Waals surface area contributed by atoms with Crippen LogP contribution in [-0.4, -0.2) is 51.5 Å². The monoisotopic (exact) mass is 272 g/mol. The van der Waals surface area contributed by atoms with Crippen LogP contribution in [0.15, 0.2) is 29.2 Å². The molecule has 0 unspecified atom stereocenters. The van der Waals surface area contributed by atoms with Crippen LogP contribution < -0.4 is 4.90 Å². The van der Waals surface area contributed by atoms with Gasteiger partial charge in [0.2, 0.25) is 10.0 Å². The van der Waals surface area contributed by atoms with Crippen LogP contribution in [0.3, 0.4) is 0 Å². The fourth-order valence-electron chi connectivity index (χ4n) is 1.38. The van der Waals surface area contributed by atoms with Gasteiger partial charge < -0.3 is 10.0 Å². The first-order valence-electron chi connectivity index (χ1n) is 5.20. The first kappa shape index (κ1) is 14.5. The molecule has 1 aromatic carbocycles. The lowest BCUT2D eigenvalue weighted by atomic mass is 10.3. The van der Waals surface area contributed by atoms with Gasteiger partial charge in [0.1, 0.15) is 6.54 Å². The second kappa shape index (κ2) is 5.36. The predicted octanol–water partition coefficient (Wildman–Crippen LogP) is 0.458. The normalized spacial score (nSPS) is 11.6. The highest BCUT2D eigenvalue weighted by Gasteiger charge is 2.17. The van der Waals surface area contributed by atoms with Crippen molar-refractivity contribution in [1.29, 1.82) is 0 Å². The van der Waals surface area contributed by atoms with Gasteiger partial charge in [-0.25, -0.2) is 12.7 Å². The van der Waals surface area contributed by atoms with Crippen molar-refractivity contribution in [2.45, 2.75) is 4.90 Å². The molecule has 0 bridgehead atoms. The van der Waals surface area contributed by atoms with Gasteiger partial charge in [0.05, 0.1) is 4.90 Å². The molecule has 0 aliphatic heterocycles. The molecular weight excluding hydrogens is 256 g/mol. The number of hydrogen-bond donors (Lipinski definition) is 1. The second-order valence-corrected chi connectivity index (χ2v) is 6.18. The van der Waals surface area contributed by atoms with Crippen LogP contribution in [0.4, 0.5) is 5.69 Å². The van der Waals surface area contributed by atoms with Crippen LogP contribution in [0.2, 0.25) is 0 Å². The number of carbonyl (C=O) groups is 1. The molecule has 0 saturated heterocycles. The summed E-state index contributed by atoms with van der Waals surface area (Å²) in [5.41, 5.74) is 0.648. The van der Waals surface area contributed by atoms with E-state index in [0.717, 1.165) is 4.31 Å². The SMILES string of the molecule is CN(CC(=O)O)c1ccc(S(=O)(=O)N(C)C)cc1. The number of aliphatic carboxylic acids is 1. The molecule has 100 valence electrons. The van der Waals surface area contributed by atoms with Crippen molar-refractivity contribution in [1.82, 2.24) is 4.31 Å². The molecule has 0 aliphatic carbocycles. The van der Waals surface area contributed by atoms with Crippen LogP contribution >= 0.6 is 0 Å². The summed E-state index contributed by atoms with van der Waals surface area (Å²) in [5.74, 6) is -0.942. The van der Waals surface area contributed by atoms with Crippen molar-refractivity contribution in [3.05, 3.63) is 24.3 Å². The number of anilines is 1. The predicted molar refractivity (Wildman–Crippen MR) is 68.2 cm³/mol. The Morgan fingerprint density at radius 1 is 1.17 bits per heavy atom. The molecule has 6 nitrogen and oxygen atoms in total. The summed E-state index contributed by atoms with van der Waals surface area (Å²) >= 11 is 0. The van der Waals surface area contributed by atoms with Gasteiger partial charge in [-0.15, -0.1) is 0 Å². The van der Waals surface area contributed by atoms with E-state index in [1.807, 2.05) is 0 Å². The molecule has 0 radical (unpaired) electrons. The number of carboxylic acid groups (broad SMARTS) is 1. The zero-order valence-electron chi connectivity index (χ0n) is 10.5. The smallest absolute Gasteiger partial charge is 0.323 e. The maximum Gasteiger partial charge on any atom is 0.323 e. The zero-order valence-corrected chi connectivity index (χ0v) is 11.3. The summed E-state index contributed by atoms with van der Waals surface area (Å²) < 4.78 is 24.7. The van der Waals surface area contributed by atoms with Gasteiger partial charge in [0, 0.05) is 26.8 Å². The summed E-state index contributed by atoms with van der Waals surface area (Å²) in [6.45, 7) is -0.139. The summed E-state index contributed by atoms with van der Waals surface area (Å²) in [4.78, 5) is 12.3. The van der Waals surface area contributed by atoms with Gasteiger partial charge in [0.15, 0.2) is 0 Å². The lowest BCUT2D eigenvalue weighted by Gasteiger charge is -2.17. The number of likely N-dealkylation sites (N-methyl/N-ethyl adjacent to an activating group) is 1. The Hall–Kier alpha value is -1.60. The van der Waals surface area contributed by atoms with E-state index >= 15 is 0 Å². The summed E-state index contributed by atoms with van der Waals surface area (Å²) in [6, 6.07) is 6.09. The fraction of sp³-hybridized carbons (Fsp3) is 0.364. The lowest BCUT2D eigenvalue weighted by Crippen LogP contribution is -2.25. The van der Waals surface area contributed by atoms with Gasteiger partial charge in [-0.3, -0.25) is 4.79 Å². The quantitative estimate of drug-likeness (QED) is 0.842. The molecule has 0 heterocycles. The van der Waals surface area contributed by atoms with E-state index in [2.05, 4.69) is 0 Å². The number of carboxylic acids is 1. The third-order valence-electron chi connectivity index (χ3n) is 2.43. The Kier molecular flexibility index (Phi) is 4.31. The van der Waals surface area contributed by atoms with E-state index in [9.17, 15) is 13.2 Å². The minimum Gasteiger partial charge on any atom is -0.480 e. The number of sulfonamides is 1. The van der Waals surface area contributed by atoms with Gasteiger partial charge in [-0.05, 0) is 24.3 Å². The van der Waals surface area contributed by atoms with Crippen molar-refractivity contribution in [3.8, 4) is 0 Å². The average molecular weight is 272 g/mol. The number of nitrogens with zero attached hydrogens (tertiary/aromatic N) is 2. The van der Waals surface area contributed by atoms with Crippen LogP contribution in [-0.2, 0) is 14.8 Å². The van der Waals surface area contributed by atoms with Gasteiger partial charge in [0.25, 0.3) is 0 Å². The second-order valence-electron chi connectivity index (χ2n) is 4.03. The molecule has 0 spiro atoms. The van der Waals surface area contributed by atoms with Crippen LogP contribution in [0.25, 0.3) is 0 Å². The number of benzene rings is 1. The lowest BCUT2D eigenvalue weighted by molar-refractivity contribution is -0.135. The van der Waals surface area contributed by atoms with E-state index in [1.165, 1.54) is 31.1 Å². The van der Waals surface area contributed by atoms with E-state index in [4.69, 9.17) is 5.11 Å². The summed E-state index contributed by atoms with van der Waals surface area (Å²) in [6.07, 6.45) is 0. The van der Waals surface area contributed by atoms with E-state index < -0.39 is 16.0 Å². The molecule has 0 aliphatic rings. The third-order valence-corrected chi connectivity index (χ3v) is 4.26. The Morgan fingerprint density at radius 2 is 1.67 bits per heavy atom. The maximum absolute atomic E-state index is 11.8. The van der Waals surface area contributed by atoms with Gasteiger partial charge in [-0.1, -0.05) is 0 Å². The third kappa shape index (κ3) is 3.21. The molecule has 1 N–H and O–H groups in total. The molecule has 7 heteroatoms. The molecule has 1 aromatic rings. The van der Waals surface area contributed by atoms with Gasteiger partial charge >= 0.3 is 5.97 Å². The number of hydrogen-bond acceptors (Lipinski definition) is 4. The van der Waals surface area contributed by atoms with Crippen molar-refractivity contribution in [3.63, 3.8) is 0 Å². The molecule has 18 heavy (non-hydrogen) atoms. The van der Waals surface area contributed by atoms with Crippen LogP contribution in [0.1, 0.15) is 0 Å². The van der Waals surface area contributed by atoms with Crippen LogP contribution in [0, 0.1) is 0 Å². The average Bonchev–Trinajstić information content (AvgIpc) is 2.28. The zero-order chi connectivity index (χ0) is 13.9. The van der Waals surface area contributed by atoms with Crippen LogP contribution in [0.5, 0.6) is 0 Å². The molecule has 0 amide bonds. The van der Waals surface area contributed by atoms with Crippen molar-refractivity contribution in [2.24, 2.45) is 0 Å². The van der Waals surface area contributed by atoms with E-state index in [-0.39, 0.29) is 11.4 Å². The molecular formula is C11H16N2O4S. The highest BCUT2D eigenvalue weighted by atomic mass is 32.2. The molecule has 0 fully saturated rings. The number of rotatable bonds is 5. The van der Waals surface area contributed by atoms with Gasteiger partial charge in [-0.2, -0.15) is 0 Å². The topological polar surface area (TPSA) is 77.9 Å². The molecule has 1 rings (SSSR count). The Labute approximate surface area is 106 Å². The maximum atomic E-state index is 11.8. The Bertz CT molecular complexity index is 522. The van der Waals surface area contributed by atoms with Crippen molar-refractivity contribution in [2.75, 3.05) is 32.6 Å². The van der Waals surface area contributed by atoms with E-state index in [0.29, 0.717) is 5.69 Å².